The number of aromatic nitrogens is 2. The SMILES string of the molecule is O=C(NCc1cc2n(n1)CCN(C(=O)NCc1cccs1)C2)C1CCC1. The van der Waals surface area contributed by atoms with E-state index in [1.54, 1.807) is 16.2 Å². The molecule has 0 saturated heterocycles. The van der Waals surface area contributed by atoms with Gasteiger partial charge in [-0.05, 0) is 30.4 Å². The van der Waals surface area contributed by atoms with Crippen molar-refractivity contribution in [3.63, 3.8) is 0 Å². The molecule has 0 bridgehead atoms. The Morgan fingerprint density at radius 2 is 2.12 bits per heavy atom. The molecule has 1 saturated carbocycles. The Kier molecular flexibility index (Phi) is 4.92. The largest absolute Gasteiger partial charge is 0.350 e. The molecule has 0 spiro atoms. The van der Waals surface area contributed by atoms with Crippen LogP contribution < -0.4 is 10.6 Å². The number of hydrogen-bond donors (Lipinski definition) is 2. The normalized spacial score (nSPS) is 16.7. The van der Waals surface area contributed by atoms with Crippen LogP contribution in [0.2, 0.25) is 0 Å². The number of nitrogens with zero attached hydrogens (tertiary/aromatic N) is 3. The Hall–Kier alpha value is -2.35. The monoisotopic (exact) mass is 373 g/mol. The van der Waals surface area contributed by atoms with Crippen molar-refractivity contribution in [3.05, 3.63) is 39.8 Å². The first-order valence-corrected chi connectivity index (χ1v) is 9.95. The van der Waals surface area contributed by atoms with Crippen molar-refractivity contribution in [2.24, 2.45) is 5.92 Å². The third-order valence-electron chi connectivity index (χ3n) is 5.05. The molecule has 1 aliphatic carbocycles. The summed E-state index contributed by atoms with van der Waals surface area (Å²) in [6.45, 7) is 2.88. The zero-order chi connectivity index (χ0) is 17.9. The summed E-state index contributed by atoms with van der Waals surface area (Å²) in [5, 5.41) is 12.5. The first-order valence-electron chi connectivity index (χ1n) is 9.07. The Labute approximate surface area is 156 Å². The van der Waals surface area contributed by atoms with Gasteiger partial charge in [0.2, 0.25) is 5.91 Å². The van der Waals surface area contributed by atoms with E-state index in [1.807, 2.05) is 28.3 Å². The predicted octanol–water partition coefficient (Wildman–Crippen LogP) is 2.09. The molecule has 7 nitrogen and oxygen atoms in total. The zero-order valence-electron chi connectivity index (χ0n) is 14.6. The molecule has 2 aliphatic rings. The first kappa shape index (κ1) is 17.1. The van der Waals surface area contributed by atoms with Gasteiger partial charge in [-0.3, -0.25) is 9.48 Å². The van der Waals surface area contributed by atoms with Crippen molar-refractivity contribution in [1.82, 2.24) is 25.3 Å². The highest BCUT2D eigenvalue weighted by Crippen LogP contribution is 2.26. The summed E-state index contributed by atoms with van der Waals surface area (Å²) in [6.07, 6.45) is 3.16. The van der Waals surface area contributed by atoms with Gasteiger partial charge in [-0.2, -0.15) is 5.10 Å². The molecule has 26 heavy (non-hydrogen) atoms. The molecule has 2 N–H and O–H groups in total. The van der Waals surface area contributed by atoms with E-state index in [0.717, 1.165) is 35.5 Å². The fourth-order valence-corrected chi connectivity index (χ4v) is 3.91. The highest BCUT2D eigenvalue weighted by Gasteiger charge is 2.26. The van der Waals surface area contributed by atoms with Crippen LogP contribution in [0.3, 0.4) is 0 Å². The van der Waals surface area contributed by atoms with E-state index in [-0.39, 0.29) is 17.9 Å². The fourth-order valence-electron chi connectivity index (χ4n) is 3.27. The Morgan fingerprint density at radius 3 is 2.85 bits per heavy atom. The van der Waals surface area contributed by atoms with Crippen LogP contribution in [0.15, 0.2) is 23.6 Å². The van der Waals surface area contributed by atoms with Gasteiger partial charge in [-0.25, -0.2) is 4.79 Å². The molecule has 0 aromatic carbocycles. The molecule has 2 aromatic rings. The Balaban J connectivity index is 1.29. The van der Waals surface area contributed by atoms with Crippen molar-refractivity contribution in [3.8, 4) is 0 Å². The summed E-state index contributed by atoms with van der Waals surface area (Å²) in [4.78, 5) is 27.3. The van der Waals surface area contributed by atoms with Gasteiger partial charge in [0.05, 0.1) is 37.6 Å². The van der Waals surface area contributed by atoms with Crippen LogP contribution in [0.25, 0.3) is 0 Å². The molecule has 0 unspecified atom stereocenters. The summed E-state index contributed by atoms with van der Waals surface area (Å²) in [5.74, 6) is 0.326. The molecule has 1 fully saturated rings. The minimum atomic E-state index is -0.0503. The number of fused-ring (bicyclic) bond motifs is 1. The second-order valence-corrected chi connectivity index (χ2v) is 7.89. The number of amides is 3. The molecule has 1 aliphatic heterocycles. The standard InChI is InChI=1S/C18H23N5O2S/c24-17(13-3-1-4-13)19-10-14-9-15-12-22(6-7-23(15)21-14)18(25)20-11-16-5-2-8-26-16/h2,5,8-9,13H,1,3-4,6-7,10-12H2,(H,19,24)(H,20,25). The average Bonchev–Trinajstić information content (AvgIpc) is 3.24. The molecule has 138 valence electrons. The molecule has 4 rings (SSSR count). The van der Waals surface area contributed by atoms with E-state index in [0.29, 0.717) is 32.7 Å². The lowest BCUT2D eigenvalue weighted by Gasteiger charge is -2.27. The second kappa shape index (κ2) is 7.49. The topological polar surface area (TPSA) is 79.3 Å². The molecule has 0 atom stereocenters. The third-order valence-corrected chi connectivity index (χ3v) is 5.93. The van der Waals surface area contributed by atoms with Gasteiger partial charge in [0, 0.05) is 17.3 Å². The van der Waals surface area contributed by atoms with Gasteiger partial charge in [0.15, 0.2) is 0 Å². The minimum absolute atomic E-state index is 0.0503. The first-order chi connectivity index (χ1) is 12.7. The smallest absolute Gasteiger partial charge is 0.318 e. The van der Waals surface area contributed by atoms with E-state index in [1.165, 1.54) is 0 Å². The summed E-state index contributed by atoms with van der Waals surface area (Å²) < 4.78 is 1.94. The van der Waals surface area contributed by atoms with Crippen LogP contribution in [0.4, 0.5) is 4.79 Å². The number of thiophene rings is 1. The van der Waals surface area contributed by atoms with Gasteiger partial charge in [-0.1, -0.05) is 12.5 Å². The highest BCUT2D eigenvalue weighted by molar-refractivity contribution is 7.09. The number of rotatable bonds is 5. The van der Waals surface area contributed by atoms with Crippen LogP contribution in [-0.4, -0.2) is 33.2 Å². The summed E-state index contributed by atoms with van der Waals surface area (Å²) >= 11 is 1.64. The van der Waals surface area contributed by atoms with Gasteiger partial charge in [-0.15, -0.1) is 11.3 Å². The number of nitrogens with one attached hydrogen (secondary N) is 2. The van der Waals surface area contributed by atoms with Crippen molar-refractivity contribution >= 4 is 23.3 Å². The average molecular weight is 373 g/mol. The minimum Gasteiger partial charge on any atom is -0.350 e. The van der Waals surface area contributed by atoms with E-state index in [2.05, 4.69) is 15.7 Å². The van der Waals surface area contributed by atoms with Crippen LogP contribution in [-0.2, 0) is 31.0 Å². The lowest BCUT2D eigenvalue weighted by atomic mass is 9.85. The molecule has 3 heterocycles. The molecular weight excluding hydrogens is 350 g/mol. The predicted molar refractivity (Wildman–Crippen MR) is 98.4 cm³/mol. The van der Waals surface area contributed by atoms with Crippen molar-refractivity contribution in [2.75, 3.05) is 6.54 Å². The van der Waals surface area contributed by atoms with Gasteiger partial charge in [0.25, 0.3) is 0 Å². The van der Waals surface area contributed by atoms with E-state index in [9.17, 15) is 9.59 Å². The Morgan fingerprint density at radius 1 is 1.23 bits per heavy atom. The fraction of sp³-hybridized carbons (Fsp3) is 0.500. The summed E-state index contributed by atoms with van der Waals surface area (Å²) in [5.41, 5.74) is 1.86. The van der Waals surface area contributed by atoms with E-state index >= 15 is 0 Å². The number of carbonyl (C=O) groups excluding carboxylic acids is 2. The van der Waals surface area contributed by atoms with Crippen LogP contribution >= 0.6 is 11.3 Å². The highest BCUT2D eigenvalue weighted by atomic mass is 32.1. The maximum absolute atomic E-state index is 12.4. The van der Waals surface area contributed by atoms with Crippen molar-refractivity contribution < 1.29 is 9.59 Å². The number of carbonyl (C=O) groups is 2. The lowest BCUT2D eigenvalue weighted by molar-refractivity contribution is -0.127. The Bertz CT molecular complexity index is 782. The van der Waals surface area contributed by atoms with E-state index < -0.39 is 0 Å². The summed E-state index contributed by atoms with van der Waals surface area (Å²) in [6, 6.07) is 5.93. The molecule has 2 aromatic heterocycles. The molecule has 3 amide bonds. The van der Waals surface area contributed by atoms with Crippen LogP contribution in [0.5, 0.6) is 0 Å². The summed E-state index contributed by atoms with van der Waals surface area (Å²) in [7, 11) is 0. The van der Waals surface area contributed by atoms with E-state index in [4.69, 9.17) is 0 Å². The van der Waals surface area contributed by atoms with Gasteiger partial charge < -0.3 is 15.5 Å². The lowest BCUT2D eigenvalue weighted by Crippen LogP contribution is -2.43. The van der Waals surface area contributed by atoms with Gasteiger partial charge in [0.1, 0.15) is 0 Å². The zero-order valence-corrected chi connectivity index (χ0v) is 15.4. The van der Waals surface area contributed by atoms with Crippen LogP contribution in [0.1, 0.15) is 35.5 Å². The molecule has 8 heteroatoms. The number of hydrogen-bond acceptors (Lipinski definition) is 4. The quantitative estimate of drug-likeness (QED) is 0.842. The van der Waals surface area contributed by atoms with Gasteiger partial charge >= 0.3 is 6.03 Å². The van der Waals surface area contributed by atoms with Crippen LogP contribution in [0, 0.1) is 5.92 Å². The molecule has 0 radical (unpaired) electrons. The van der Waals surface area contributed by atoms with Crippen molar-refractivity contribution in [1.29, 1.82) is 0 Å². The third kappa shape index (κ3) is 3.75. The second-order valence-electron chi connectivity index (χ2n) is 6.86. The maximum atomic E-state index is 12.4. The number of urea groups is 1. The van der Waals surface area contributed by atoms with Crippen molar-refractivity contribution in [2.45, 2.75) is 45.4 Å². The molecular formula is C18H23N5O2S. The maximum Gasteiger partial charge on any atom is 0.318 e.